The minimum absolute atomic E-state index is 0.135. The predicted molar refractivity (Wildman–Crippen MR) is 85.8 cm³/mol. The van der Waals surface area contributed by atoms with Crippen molar-refractivity contribution in [3.8, 4) is 0 Å². The molecule has 0 aliphatic rings. The van der Waals surface area contributed by atoms with Crippen molar-refractivity contribution >= 4 is 11.7 Å². The first-order valence-electron chi connectivity index (χ1n) is 7.40. The number of amides is 2. The maximum atomic E-state index is 11.8. The summed E-state index contributed by atoms with van der Waals surface area (Å²) in [6.45, 7) is 5.43. The second-order valence-corrected chi connectivity index (χ2v) is 5.51. The second kappa shape index (κ2) is 10.2. The number of hydrogen-bond donors (Lipinski definition) is 3. The first-order chi connectivity index (χ1) is 10.5. The summed E-state index contributed by atoms with van der Waals surface area (Å²) in [4.78, 5) is 11.8. The van der Waals surface area contributed by atoms with Crippen LogP contribution >= 0.6 is 0 Å². The van der Waals surface area contributed by atoms with Gasteiger partial charge in [-0.25, -0.2) is 4.79 Å². The van der Waals surface area contributed by atoms with E-state index in [1.807, 2.05) is 32.0 Å². The lowest BCUT2D eigenvalue weighted by Gasteiger charge is -2.15. The lowest BCUT2D eigenvalue weighted by atomic mass is 10.2. The molecule has 1 aromatic rings. The van der Waals surface area contributed by atoms with Crippen LogP contribution in [-0.2, 0) is 16.1 Å². The van der Waals surface area contributed by atoms with Gasteiger partial charge in [0.15, 0.2) is 0 Å². The molecule has 0 fully saturated rings. The van der Waals surface area contributed by atoms with Gasteiger partial charge in [-0.2, -0.15) is 0 Å². The third-order valence-electron chi connectivity index (χ3n) is 2.83. The molecule has 1 aromatic carbocycles. The fourth-order valence-electron chi connectivity index (χ4n) is 1.80. The number of benzene rings is 1. The van der Waals surface area contributed by atoms with Crippen LogP contribution in [0.15, 0.2) is 24.3 Å². The molecule has 1 rings (SSSR count). The number of carbonyl (C=O) groups is 1. The van der Waals surface area contributed by atoms with Crippen molar-refractivity contribution in [1.29, 1.82) is 0 Å². The first kappa shape index (κ1) is 18.4. The van der Waals surface area contributed by atoms with E-state index >= 15 is 0 Å². The Morgan fingerprint density at radius 2 is 2.00 bits per heavy atom. The van der Waals surface area contributed by atoms with E-state index in [4.69, 9.17) is 9.47 Å². The van der Waals surface area contributed by atoms with Crippen LogP contribution in [0, 0.1) is 5.92 Å². The van der Waals surface area contributed by atoms with Crippen molar-refractivity contribution in [3.05, 3.63) is 29.8 Å². The topological polar surface area (TPSA) is 79.8 Å². The molecular weight excluding hydrogens is 284 g/mol. The SMILES string of the molecule is COCc1ccccc1NC(=O)NCC(O)COCC(C)C. The van der Waals surface area contributed by atoms with Gasteiger partial charge < -0.3 is 25.2 Å². The summed E-state index contributed by atoms with van der Waals surface area (Å²) in [7, 11) is 1.60. The van der Waals surface area contributed by atoms with Gasteiger partial charge in [0, 0.05) is 31.5 Å². The molecule has 2 amide bonds. The van der Waals surface area contributed by atoms with E-state index in [2.05, 4.69) is 10.6 Å². The number of methoxy groups -OCH3 is 1. The van der Waals surface area contributed by atoms with E-state index in [9.17, 15) is 9.90 Å². The fraction of sp³-hybridized carbons (Fsp3) is 0.562. The van der Waals surface area contributed by atoms with Crippen LogP contribution in [0.3, 0.4) is 0 Å². The number of aliphatic hydroxyl groups excluding tert-OH is 1. The largest absolute Gasteiger partial charge is 0.389 e. The molecule has 1 atom stereocenters. The number of carbonyl (C=O) groups excluding carboxylic acids is 1. The van der Waals surface area contributed by atoms with Gasteiger partial charge in [-0.1, -0.05) is 32.0 Å². The Kier molecular flexibility index (Phi) is 8.50. The summed E-state index contributed by atoms with van der Waals surface area (Å²) in [6, 6.07) is 7.03. The zero-order valence-corrected chi connectivity index (χ0v) is 13.5. The van der Waals surface area contributed by atoms with Crippen LogP contribution in [0.1, 0.15) is 19.4 Å². The molecule has 22 heavy (non-hydrogen) atoms. The average molecular weight is 310 g/mol. The van der Waals surface area contributed by atoms with E-state index in [1.54, 1.807) is 13.2 Å². The smallest absolute Gasteiger partial charge is 0.319 e. The number of ether oxygens (including phenoxy) is 2. The van der Waals surface area contributed by atoms with Crippen molar-refractivity contribution < 1.29 is 19.4 Å². The molecule has 0 aliphatic heterocycles. The minimum atomic E-state index is -0.723. The number of rotatable bonds is 9. The highest BCUT2D eigenvalue weighted by atomic mass is 16.5. The van der Waals surface area contributed by atoms with Crippen LogP contribution in [0.25, 0.3) is 0 Å². The molecule has 0 aliphatic carbocycles. The maximum absolute atomic E-state index is 11.8. The van der Waals surface area contributed by atoms with Crippen molar-refractivity contribution in [2.75, 3.05) is 32.2 Å². The van der Waals surface area contributed by atoms with Crippen molar-refractivity contribution in [1.82, 2.24) is 5.32 Å². The van der Waals surface area contributed by atoms with Crippen molar-refractivity contribution in [3.63, 3.8) is 0 Å². The van der Waals surface area contributed by atoms with Gasteiger partial charge in [-0.3, -0.25) is 0 Å². The van der Waals surface area contributed by atoms with Gasteiger partial charge in [0.05, 0.1) is 19.3 Å². The Balaban J connectivity index is 2.34. The number of anilines is 1. The molecule has 0 saturated heterocycles. The van der Waals surface area contributed by atoms with Crippen LogP contribution in [-0.4, -0.2) is 44.1 Å². The third-order valence-corrected chi connectivity index (χ3v) is 2.83. The van der Waals surface area contributed by atoms with E-state index in [1.165, 1.54) is 0 Å². The third kappa shape index (κ3) is 7.40. The number of hydrogen-bond acceptors (Lipinski definition) is 4. The molecule has 0 aromatic heterocycles. The molecule has 0 radical (unpaired) electrons. The van der Waals surface area contributed by atoms with Crippen LogP contribution in [0.2, 0.25) is 0 Å². The standard InChI is InChI=1S/C16H26N2O4/c1-12(2)9-22-11-14(19)8-17-16(20)18-15-7-5-4-6-13(15)10-21-3/h4-7,12,14,19H,8-11H2,1-3H3,(H2,17,18,20). The van der Waals surface area contributed by atoms with Crippen molar-refractivity contribution in [2.45, 2.75) is 26.6 Å². The van der Waals surface area contributed by atoms with Crippen molar-refractivity contribution in [2.24, 2.45) is 5.92 Å². The molecule has 0 bridgehead atoms. The molecule has 6 nitrogen and oxygen atoms in total. The Labute approximate surface area is 131 Å². The van der Waals surface area contributed by atoms with Gasteiger partial charge in [0.25, 0.3) is 0 Å². The molecule has 0 saturated carbocycles. The monoisotopic (exact) mass is 310 g/mol. The van der Waals surface area contributed by atoms with E-state index in [0.717, 1.165) is 5.56 Å². The quantitative estimate of drug-likeness (QED) is 0.651. The molecule has 3 N–H and O–H groups in total. The molecule has 1 unspecified atom stereocenters. The number of para-hydroxylation sites is 1. The van der Waals surface area contributed by atoms with Gasteiger partial charge in [-0.05, 0) is 12.0 Å². The number of aliphatic hydroxyl groups is 1. The normalized spacial score (nSPS) is 12.2. The lowest BCUT2D eigenvalue weighted by Crippen LogP contribution is -2.37. The van der Waals surface area contributed by atoms with Crippen LogP contribution in [0.5, 0.6) is 0 Å². The molecule has 6 heteroatoms. The summed E-state index contributed by atoms with van der Waals surface area (Å²) in [5.41, 5.74) is 1.58. The minimum Gasteiger partial charge on any atom is -0.389 e. The van der Waals surface area contributed by atoms with Gasteiger partial charge in [0.1, 0.15) is 0 Å². The molecule has 0 spiro atoms. The highest BCUT2D eigenvalue weighted by Gasteiger charge is 2.09. The number of nitrogens with one attached hydrogen (secondary N) is 2. The fourth-order valence-corrected chi connectivity index (χ4v) is 1.80. The summed E-state index contributed by atoms with van der Waals surface area (Å²) in [5.74, 6) is 0.417. The second-order valence-electron chi connectivity index (χ2n) is 5.51. The highest BCUT2D eigenvalue weighted by Crippen LogP contribution is 2.15. The lowest BCUT2D eigenvalue weighted by molar-refractivity contribution is 0.0274. The van der Waals surface area contributed by atoms with Crippen LogP contribution in [0.4, 0.5) is 10.5 Å². The highest BCUT2D eigenvalue weighted by molar-refractivity contribution is 5.90. The Morgan fingerprint density at radius 3 is 2.68 bits per heavy atom. The molecule has 0 heterocycles. The summed E-state index contributed by atoms with van der Waals surface area (Å²) in [5, 5.41) is 15.1. The number of urea groups is 1. The summed E-state index contributed by atoms with van der Waals surface area (Å²) in [6.07, 6.45) is -0.723. The maximum Gasteiger partial charge on any atom is 0.319 e. The molecular formula is C16H26N2O4. The zero-order chi connectivity index (χ0) is 16.4. The average Bonchev–Trinajstić information content (AvgIpc) is 2.47. The Morgan fingerprint density at radius 1 is 1.27 bits per heavy atom. The summed E-state index contributed by atoms with van der Waals surface area (Å²) >= 11 is 0. The first-order valence-corrected chi connectivity index (χ1v) is 7.40. The van der Waals surface area contributed by atoms with Crippen LogP contribution < -0.4 is 10.6 Å². The summed E-state index contributed by atoms with van der Waals surface area (Å²) < 4.78 is 10.4. The molecule has 124 valence electrons. The zero-order valence-electron chi connectivity index (χ0n) is 13.5. The van der Waals surface area contributed by atoms with Gasteiger partial charge in [-0.15, -0.1) is 0 Å². The van der Waals surface area contributed by atoms with Gasteiger partial charge >= 0.3 is 6.03 Å². The van der Waals surface area contributed by atoms with E-state index in [0.29, 0.717) is 24.8 Å². The Hall–Kier alpha value is -1.63. The van der Waals surface area contributed by atoms with Gasteiger partial charge in [0.2, 0.25) is 0 Å². The van der Waals surface area contributed by atoms with E-state index < -0.39 is 6.10 Å². The van der Waals surface area contributed by atoms with E-state index in [-0.39, 0.29) is 19.2 Å². The predicted octanol–water partition coefficient (Wildman–Crippen LogP) is 1.99. The Bertz CT molecular complexity index is 452.